The second kappa shape index (κ2) is 6.99. The van der Waals surface area contributed by atoms with E-state index in [0.717, 1.165) is 45.6 Å². The average Bonchev–Trinajstić information content (AvgIpc) is 3.24. The van der Waals surface area contributed by atoms with Crippen LogP contribution in [0.25, 0.3) is 11.3 Å². The number of nitrogens with zero attached hydrogens (tertiary/aromatic N) is 2. The summed E-state index contributed by atoms with van der Waals surface area (Å²) in [4.78, 5) is 5.87. The number of fused-ring (bicyclic) bond motifs is 1. The summed E-state index contributed by atoms with van der Waals surface area (Å²) in [5.74, 6) is 1.49. The van der Waals surface area contributed by atoms with Gasteiger partial charge in [-0.3, -0.25) is 0 Å². The molecule has 25 heavy (non-hydrogen) atoms. The van der Waals surface area contributed by atoms with Crippen LogP contribution in [-0.4, -0.2) is 6.21 Å². The summed E-state index contributed by atoms with van der Waals surface area (Å²) in [7, 11) is 0. The highest BCUT2D eigenvalue weighted by atomic mass is 79.9. The molecule has 124 valence electrons. The van der Waals surface area contributed by atoms with Crippen LogP contribution in [0, 0.1) is 11.3 Å². The van der Waals surface area contributed by atoms with E-state index >= 15 is 0 Å². The Labute approximate surface area is 158 Å². The van der Waals surface area contributed by atoms with Gasteiger partial charge in [0, 0.05) is 14.9 Å². The molecule has 5 heteroatoms. The second-order valence-corrected chi connectivity index (χ2v) is 7.97. The number of thiophene rings is 1. The van der Waals surface area contributed by atoms with Gasteiger partial charge in [-0.15, -0.1) is 11.3 Å². The summed E-state index contributed by atoms with van der Waals surface area (Å²) in [6.07, 6.45) is 6.14. The van der Waals surface area contributed by atoms with Gasteiger partial charge in [0.1, 0.15) is 22.6 Å². The van der Waals surface area contributed by atoms with Crippen LogP contribution in [0.15, 0.2) is 50.3 Å². The molecule has 0 fully saturated rings. The zero-order valence-corrected chi connectivity index (χ0v) is 15.9. The number of furan rings is 1. The van der Waals surface area contributed by atoms with E-state index in [-0.39, 0.29) is 0 Å². The lowest BCUT2D eigenvalue weighted by Gasteiger charge is -2.09. The molecule has 1 aliphatic carbocycles. The van der Waals surface area contributed by atoms with Crippen LogP contribution in [0.5, 0.6) is 0 Å². The Morgan fingerprint density at radius 2 is 1.92 bits per heavy atom. The lowest BCUT2D eigenvalue weighted by Crippen LogP contribution is -1.99. The van der Waals surface area contributed by atoms with Gasteiger partial charge in [0.05, 0.1) is 11.8 Å². The van der Waals surface area contributed by atoms with E-state index in [9.17, 15) is 5.26 Å². The molecule has 0 saturated carbocycles. The largest absolute Gasteiger partial charge is 0.455 e. The first-order valence-electron chi connectivity index (χ1n) is 8.19. The summed E-state index contributed by atoms with van der Waals surface area (Å²) in [6, 6.07) is 14.2. The summed E-state index contributed by atoms with van der Waals surface area (Å²) < 4.78 is 6.90. The van der Waals surface area contributed by atoms with E-state index in [4.69, 9.17) is 4.42 Å². The number of halogens is 1. The Kier molecular flexibility index (Phi) is 4.56. The predicted molar refractivity (Wildman–Crippen MR) is 105 cm³/mol. The van der Waals surface area contributed by atoms with E-state index in [2.05, 4.69) is 27.0 Å². The zero-order chi connectivity index (χ0) is 17.2. The quantitative estimate of drug-likeness (QED) is 0.477. The molecule has 3 aromatic rings. The number of aliphatic imine (C=N–C) groups is 1. The van der Waals surface area contributed by atoms with E-state index in [1.807, 2.05) is 36.4 Å². The first-order valence-corrected chi connectivity index (χ1v) is 9.80. The van der Waals surface area contributed by atoms with Gasteiger partial charge in [-0.2, -0.15) is 5.26 Å². The molecular formula is C20H15BrN2OS. The third-order valence-electron chi connectivity index (χ3n) is 4.33. The van der Waals surface area contributed by atoms with Crippen molar-refractivity contribution < 1.29 is 4.42 Å². The molecule has 0 amide bonds. The van der Waals surface area contributed by atoms with Crippen LogP contribution in [0.2, 0.25) is 0 Å². The standard InChI is InChI=1S/C20H15BrN2OS/c21-14-7-5-13(6-8-14)18-10-9-15(24-18)12-23-20-17(11-22)16-3-1-2-4-19(16)25-20/h5-10,12H,1-4H2/b23-12-. The minimum Gasteiger partial charge on any atom is -0.455 e. The van der Waals surface area contributed by atoms with Gasteiger partial charge in [0.25, 0.3) is 0 Å². The van der Waals surface area contributed by atoms with Gasteiger partial charge >= 0.3 is 0 Å². The predicted octanol–water partition coefficient (Wildman–Crippen LogP) is 6.27. The molecule has 1 aliphatic rings. The van der Waals surface area contributed by atoms with Crippen LogP contribution in [0.1, 0.15) is 34.6 Å². The highest BCUT2D eigenvalue weighted by molar-refractivity contribution is 9.10. The van der Waals surface area contributed by atoms with Crippen molar-refractivity contribution in [2.24, 2.45) is 4.99 Å². The molecular weight excluding hydrogens is 396 g/mol. The molecule has 0 bridgehead atoms. The fraction of sp³-hybridized carbons (Fsp3) is 0.200. The maximum Gasteiger partial charge on any atom is 0.145 e. The number of nitriles is 1. The van der Waals surface area contributed by atoms with Gasteiger partial charge in [-0.05, 0) is 55.5 Å². The molecule has 0 aliphatic heterocycles. The molecule has 3 nitrogen and oxygen atoms in total. The molecule has 1 aromatic carbocycles. The monoisotopic (exact) mass is 410 g/mol. The number of hydrogen-bond donors (Lipinski definition) is 0. The summed E-state index contributed by atoms with van der Waals surface area (Å²) in [5.41, 5.74) is 2.98. The maximum atomic E-state index is 9.49. The van der Waals surface area contributed by atoms with Gasteiger partial charge in [0.15, 0.2) is 0 Å². The molecule has 0 saturated heterocycles. The molecule has 0 atom stereocenters. The molecule has 0 N–H and O–H groups in total. The zero-order valence-electron chi connectivity index (χ0n) is 13.5. The summed E-state index contributed by atoms with van der Waals surface area (Å²) in [5, 5.41) is 10.3. The summed E-state index contributed by atoms with van der Waals surface area (Å²) in [6.45, 7) is 0. The van der Waals surface area contributed by atoms with Gasteiger partial charge < -0.3 is 4.42 Å². The summed E-state index contributed by atoms with van der Waals surface area (Å²) >= 11 is 5.08. The smallest absolute Gasteiger partial charge is 0.145 e. The van der Waals surface area contributed by atoms with E-state index < -0.39 is 0 Å². The number of rotatable bonds is 3. The van der Waals surface area contributed by atoms with Crippen LogP contribution >= 0.6 is 27.3 Å². The third kappa shape index (κ3) is 3.33. The number of hydrogen-bond acceptors (Lipinski definition) is 4. The highest BCUT2D eigenvalue weighted by Gasteiger charge is 2.20. The van der Waals surface area contributed by atoms with E-state index in [1.54, 1.807) is 17.6 Å². The third-order valence-corrected chi connectivity index (χ3v) is 6.06. The Hall–Kier alpha value is -2.16. The van der Waals surface area contributed by atoms with Crippen LogP contribution in [-0.2, 0) is 12.8 Å². The molecule has 0 spiro atoms. The van der Waals surface area contributed by atoms with Crippen molar-refractivity contribution in [3.63, 3.8) is 0 Å². The topological polar surface area (TPSA) is 49.3 Å². The van der Waals surface area contributed by atoms with Gasteiger partial charge in [-0.1, -0.05) is 28.1 Å². The lowest BCUT2D eigenvalue weighted by molar-refractivity contribution is 0.575. The van der Waals surface area contributed by atoms with E-state index in [0.29, 0.717) is 5.76 Å². The molecule has 2 heterocycles. The average molecular weight is 411 g/mol. The first-order chi connectivity index (χ1) is 12.2. The normalized spacial score (nSPS) is 13.8. The second-order valence-electron chi connectivity index (χ2n) is 5.97. The van der Waals surface area contributed by atoms with Crippen LogP contribution in [0.4, 0.5) is 5.00 Å². The molecule has 2 aromatic heterocycles. The van der Waals surface area contributed by atoms with Crippen molar-refractivity contribution in [2.45, 2.75) is 25.7 Å². The van der Waals surface area contributed by atoms with Crippen LogP contribution < -0.4 is 0 Å². The fourth-order valence-corrected chi connectivity index (χ4v) is 4.52. The molecule has 4 rings (SSSR count). The van der Waals surface area contributed by atoms with Crippen LogP contribution in [0.3, 0.4) is 0 Å². The van der Waals surface area contributed by atoms with Crippen molar-refractivity contribution in [1.29, 1.82) is 5.26 Å². The fourth-order valence-electron chi connectivity index (χ4n) is 3.07. The lowest BCUT2D eigenvalue weighted by atomic mass is 9.96. The van der Waals surface area contributed by atoms with Crippen molar-refractivity contribution in [2.75, 3.05) is 0 Å². The Morgan fingerprint density at radius 3 is 2.72 bits per heavy atom. The minimum atomic E-state index is 0.688. The first kappa shape index (κ1) is 16.3. The Balaban J connectivity index is 1.60. The SMILES string of the molecule is N#Cc1c(/N=C\c2ccc(-c3ccc(Br)cc3)o2)sc2c1CCCC2. The van der Waals surface area contributed by atoms with Crippen molar-refractivity contribution >= 4 is 38.5 Å². The van der Waals surface area contributed by atoms with Crippen molar-refractivity contribution in [1.82, 2.24) is 0 Å². The van der Waals surface area contributed by atoms with Crippen molar-refractivity contribution in [3.05, 3.63) is 62.6 Å². The Bertz CT molecular complexity index is 976. The van der Waals surface area contributed by atoms with Crippen molar-refractivity contribution in [3.8, 4) is 17.4 Å². The van der Waals surface area contributed by atoms with Gasteiger partial charge in [0.2, 0.25) is 0 Å². The molecule has 0 unspecified atom stereocenters. The maximum absolute atomic E-state index is 9.49. The number of benzene rings is 1. The Morgan fingerprint density at radius 1 is 1.12 bits per heavy atom. The van der Waals surface area contributed by atoms with Gasteiger partial charge in [-0.25, -0.2) is 4.99 Å². The van der Waals surface area contributed by atoms with E-state index in [1.165, 1.54) is 16.9 Å². The number of aryl methyl sites for hydroxylation is 1. The molecule has 0 radical (unpaired) electrons. The highest BCUT2D eigenvalue weighted by Crippen LogP contribution is 2.39. The minimum absolute atomic E-state index is 0.688.